The molecule has 24 heavy (non-hydrogen) atoms. The molecule has 1 aromatic carbocycles. The van der Waals surface area contributed by atoms with Crippen LogP contribution < -0.4 is 4.90 Å². The summed E-state index contributed by atoms with van der Waals surface area (Å²) in [5.41, 5.74) is 2.39. The number of anilines is 1. The monoisotopic (exact) mass is 324 g/mol. The maximum Gasteiger partial charge on any atom is 0.132 e. The Balaban J connectivity index is 1.51. The molecule has 0 spiro atoms. The number of aryl methyl sites for hydroxylation is 2. The third-order valence-electron chi connectivity index (χ3n) is 4.92. The number of hydrogen-bond donors (Lipinski definition) is 0. The summed E-state index contributed by atoms with van der Waals surface area (Å²) in [4.78, 5) is 13.9. The molecule has 4 rings (SSSR count). The molecule has 0 aliphatic carbocycles. The fraction of sp³-hybridized carbons (Fsp3) is 0.474. The molecular formula is C19H24N4O. The summed E-state index contributed by atoms with van der Waals surface area (Å²) < 4.78 is 6.06. The zero-order chi connectivity index (χ0) is 16.5. The minimum Gasteiger partial charge on any atom is -0.373 e. The second-order valence-electron chi connectivity index (χ2n) is 6.75. The van der Waals surface area contributed by atoms with Crippen molar-refractivity contribution >= 4 is 5.82 Å². The highest BCUT2D eigenvalue weighted by molar-refractivity contribution is 5.42. The van der Waals surface area contributed by atoms with Gasteiger partial charge in [-0.3, -0.25) is 4.90 Å². The van der Waals surface area contributed by atoms with E-state index in [-0.39, 0.29) is 6.10 Å². The van der Waals surface area contributed by atoms with Gasteiger partial charge in [0, 0.05) is 37.9 Å². The Hall–Kier alpha value is -1.98. The molecule has 1 aromatic heterocycles. The van der Waals surface area contributed by atoms with E-state index >= 15 is 0 Å². The molecule has 2 aliphatic rings. The van der Waals surface area contributed by atoms with Crippen molar-refractivity contribution in [2.45, 2.75) is 32.5 Å². The van der Waals surface area contributed by atoms with Crippen molar-refractivity contribution in [3.8, 4) is 0 Å². The van der Waals surface area contributed by atoms with E-state index in [0.717, 1.165) is 50.1 Å². The summed E-state index contributed by atoms with van der Waals surface area (Å²) in [6.45, 7) is 8.65. The number of nitrogens with zero attached hydrogens (tertiary/aromatic N) is 4. The summed E-state index contributed by atoms with van der Waals surface area (Å²) in [6, 6.07) is 13.2. The maximum absolute atomic E-state index is 6.06. The van der Waals surface area contributed by atoms with Gasteiger partial charge in [0.2, 0.25) is 0 Å². The predicted molar refractivity (Wildman–Crippen MR) is 94.1 cm³/mol. The lowest BCUT2D eigenvalue weighted by atomic mass is 10.1. The van der Waals surface area contributed by atoms with Crippen molar-refractivity contribution in [3.05, 3.63) is 53.5 Å². The SMILES string of the molecule is Cc1cc(N2C[C@@H]3[C@@H](C2)OCCN3Cc2ccccc2)nc(C)n1. The zero-order valence-corrected chi connectivity index (χ0v) is 14.4. The predicted octanol–water partition coefficient (Wildman–Crippen LogP) is 2.18. The highest BCUT2D eigenvalue weighted by Gasteiger charge is 2.40. The van der Waals surface area contributed by atoms with Gasteiger partial charge in [-0.25, -0.2) is 9.97 Å². The summed E-state index contributed by atoms with van der Waals surface area (Å²) in [5, 5.41) is 0. The summed E-state index contributed by atoms with van der Waals surface area (Å²) in [6.07, 6.45) is 0.262. The molecule has 2 aromatic rings. The lowest BCUT2D eigenvalue weighted by Crippen LogP contribution is -2.50. The first-order chi connectivity index (χ1) is 11.7. The Kier molecular flexibility index (Phi) is 4.21. The van der Waals surface area contributed by atoms with Gasteiger partial charge >= 0.3 is 0 Å². The van der Waals surface area contributed by atoms with E-state index in [0.29, 0.717) is 6.04 Å². The van der Waals surface area contributed by atoms with E-state index in [1.165, 1.54) is 5.56 Å². The first kappa shape index (κ1) is 15.5. The molecule has 2 atom stereocenters. The Morgan fingerprint density at radius 2 is 1.96 bits per heavy atom. The van der Waals surface area contributed by atoms with Crippen molar-refractivity contribution in [3.63, 3.8) is 0 Å². The van der Waals surface area contributed by atoms with Crippen LogP contribution in [-0.2, 0) is 11.3 Å². The molecule has 0 saturated carbocycles. The molecule has 0 unspecified atom stereocenters. The van der Waals surface area contributed by atoms with Crippen LogP contribution in [0.3, 0.4) is 0 Å². The van der Waals surface area contributed by atoms with Crippen LogP contribution in [0.1, 0.15) is 17.1 Å². The van der Waals surface area contributed by atoms with Crippen molar-refractivity contribution in [2.24, 2.45) is 0 Å². The standard InChI is InChI=1S/C19H24N4O/c1-14-10-19(21-15(2)20-14)23-12-17-18(13-23)24-9-8-22(17)11-16-6-4-3-5-7-16/h3-7,10,17-18H,8-9,11-13H2,1-2H3/t17-,18-/m1/s1. The Morgan fingerprint density at radius 1 is 1.12 bits per heavy atom. The van der Waals surface area contributed by atoms with E-state index in [1.54, 1.807) is 0 Å². The van der Waals surface area contributed by atoms with Crippen molar-refractivity contribution in [1.82, 2.24) is 14.9 Å². The minimum atomic E-state index is 0.262. The number of morpholine rings is 1. The molecule has 2 aliphatic heterocycles. The average Bonchev–Trinajstić information content (AvgIpc) is 3.00. The zero-order valence-electron chi connectivity index (χ0n) is 14.4. The fourth-order valence-electron chi connectivity index (χ4n) is 3.82. The molecule has 0 radical (unpaired) electrons. The van der Waals surface area contributed by atoms with Gasteiger partial charge < -0.3 is 9.64 Å². The molecule has 126 valence electrons. The average molecular weight is 324 g/mol. The Bertz CT molecular complexity index is 686. The molecule has 0 N–H and O–H groups in total. The van der Waals surface area contributed by atoms with Crippen LogP contribution in [0.15, 0.2) is 36.4 Å². The third kappa shape index (κ3) is 3.14. The summed E-state index contributed by atoms with van der Waals surface area (Å²) >= 11 is 0. The van der Waals surface area contributed by atoms with Crippen LogP contribution in [-0.4, -0.2) is 53.3 Å². The maximum atomic E-state index is 6.06. The van der Waals surface area contributed by atoms with Gasteiger partial charge in [0.25, 0.3) is 0 Å². The van der Waals surface area contributed by atoms with Crippen molar-refractivity contribution in [2.75, 3.05) is 31.1 Å². The minimum absolute atomic E-state index is 0.262. The second-order valence-corrected chi connectivity index (χ2v) is 6.75. The van der Waals surface area contributed by atoms with Gasteiger partial charge in [0.15, 0.2) is 0 Å². The lowest BCUT2D eigenvalue weighted by Gasteiger charge is -2.36. The largest absolute Gasteiger partial charge is 0.373 e. The Labute approximate surface area is 143 Å². The smallest absolute Gasteiger partial charge is 0.132 e. The normalized spacial score (nSPS) is 24.2. The van der Waals surface area contributed by atoms with Gasteiger partial charge in [-0.05, 0) is 19.4 Å². The van der Waals surface area contributed by atoms with Gasteiger partial charge in [-0.2, -0.15) is 0 Å². The van der Waals surface area contributed by atoms with Crippen molar-refractivity contribution < 1.29 is 4.74 Å². The quantitative estimate of drug-likeness (QED) is 0.866. The van der Waals surface area contributed by atoms with E-state index in [9.17, 15) is 0 Å². The van der Waals surface area contributed by atoms with Gasteiger partial charge in [0.1, 0.15) is 11.6 Å². The number of hydrogen-bond acceptors (Lipinski definition) is 5. The van der Waals surface area contributed by atoms with Crippen LogP contribution in [0.25, 0.3) is 0 Å². The van der Waals surface area contributed by atoms with E-state index in [4.69, 9.17) is 4.74 Å². The van der Waals surface area contributed by atoms with E-state index in [2.05, 4.69) is 56.2 Å². The highest BCUT2D eigenvalue weighted by atomic mass is 16.5. The number of benzene rings is 1. The molecule has 0 amide bonds. The molecule has 2 saturated heterocycles. The molecule has 2 fully saturated rings. The summed E-state index contributed by atoms with van der Waals surface area (Å²) in [5.74, 6) is 1.86. The van der Waals surface area contributed by atoms with Crippen LogP contribution in [0.2, 0.25) is 0 Å². The van der Waals surface area contributed by atoms with Crippen molar-refractivity contribution in [1.29, 1.82) is 0 Å². The van der Waals surface area contributed by atoms with Crippen LogP contribution >= 0.6 is 0 Å². The number of rotatable bonds is 3. The summed E-state index contributed by atoms with van der Waals surface area (Å²) in [7, 11) is 0. The third-order valence-corrected chi connectivity index (χ3v) is 4.92. The Morgan fingerprint density at radius 3 is 2.75 bits per heavy atom. The highest BCUT2D eigenvalue weighted by Crippen LogP contribution is 2.27. The number of aromatic nitrogens is 2. The van der Waals surface area contributed by atoms with Gasteiger partial charge in [0.05, 0.1) is 18.8 Å². The second kappa shape index (κ2) is 6.49. The molecule has 5 heteroatoms. The topological polar surface area (TPSA) is 41.5 Å². The van der Waals surface area contributed by atoms with E-state index in [1.807, 2.05) is 13.8 Å². The van der Waals surface area contributed by atoms with Gasteiger partial charge in [-0.15, -0.1) is 0 Å². The van der Waals surface area contributed by atoms with Crippen LogP contribution in [0, 0.1) is 13.8 Å². The van der Waals surface area contributed by atoms with Crippen LogP contribution in [0.4, 0.5) is 5.82 Å². The lowest BCUT2D eigenvalue weighted by molar-refractivity contribution is -0.0499. The molecule has 5 nitrogen and oxygen atoms in total. The number of fused-ring (bicyclic) bond motifs is 1. The molecule has 0 bridgehead atoms. The van der Waals surface area contributed by atoms with Crippen LogP contribution in [0.5, 0.6) is 0 Å². The molecular weight excluding hydrogens is 300 g/mol. The van der Waals surface area contributed by atoms with Gasteiger partial charge in [-0.1, -0.05) is 30.3 Å². The number of ether oxygens (including phenoxy) is 1. The first-order valence-electron chi connectivity index (χ1n) is 8.66. The molecule has 3 heterocycles. The fourth-order valence-corrected chi connectivity index (χ4v) is 3.82. The first-order valence-corrected chi connectivity index (χ1v) is 8.66. The van der Waals surface area contributed by atoms with E-state index < -0.39 is 0 Å².